The lowest BCUT2D eigenvalue weighted by Crippen LogP contribution is -2.29. The van der Waals surface area contributed by atoms with E-state index in [1.807, 2.05) is 30.3 Å². The summed E-state index contributed by atoms with van der Waals surface area (Å²) in [5.74, 6) is -0.162. The van der Waals surface area contributed by atoms with Crippen LogP contribution in [0.2, 0.25) is 5.02 Å². The lowest BCUT2D eigenvalue weighted by atomic mass is 9.95. The molecule has 1 unspecified atom stereocenters. The van der Waals surface area contributed by atoms with Crippen LogP contribution in [-0.2, 0) is 15.3 Å². The van der Waals surface area contributed by atoms with E-state index >= 15 is 0 Å². The highest BCUT2D eigenvalue weighted by atomic mass is 35.5. The third-order valence-electron chi connectivity index (χ3n) is 6.41. The predicted octanol–water partition coefficient (Wildman–Crippen LogP) is 6.93. The highest BCUT2D eigenvalue weighted by Gasteiger charge is 2.48. The summed E-state index contributed by atoms with van der Waals surface area (Å²) in [6.45, 7) is 4.77. The van der Waals surface area contributed by atoms with Gasteiger partial charge in [0.1, 0.15) is 11.5 Å². The van der Waals surface area contributed by atoms with Crippen molar-refractivity contribution in [1.29, 1.82) is 0 Å². The van der Waals surface area contributed by atoms with Crippen molar-refractivity contribution in [1.82, 2.24) is 15.2 Å². The number of aliphatic hydroxyl groups excluding tert-OH is 1. The molecule has 1 fully saturated rings. The van der Waals surface area contributed by atoms with Crippen LogP contribution in [0.15, 0.2) is 83.0 Å². The summed E-state index contributed by atoms with van der Waals surface area (Å²) in [5, 5.41) is 20.8. The molecule has 0 bridgehead atoms. The molecule has 5 rings (SSSR count). The molecule has 4 aromatic rings. The van der Waals surface area contributed by atoms with Gasteiger partial charge in [0.15, 0.2) is 4.34 Å². The van der Waals surface area contributed by atoms with Crippen LogP contribution < -0.4 is 9.64 Å². The molecule has 0 radical (unpaired) electrons. The van der Waals surface area contributed by atoms with Crippen LogP contribution >= 0.6 is 34.7 Å². The van der Waals surface area contributed by atoms with Gasteiger partial charge in [0.2, 0.25) is 5.13 Å². The molecular formula is C30H27ClN4O4S2. The second kappa shape index (κ2) is 12.8. The summed E-state index contributed by atoms with van der Waals surface area (Å²) in [5.41, 5.74) is 2.01. The van der Waals surface area contributed by atoms with Crippen molar-refractivity contribution in [3.8, 4) is 5.75 Å². The number of hydrogen-bond donors (Lipinski definition) is 1. The molecule has 1 aliphatic rings. The standard InChI is InChI=1S/C30H27ClN4O4S2/c1-18(2)12-15-39-23-5-3-4-21(16-23)25-24(26(36)20-10-13-32-14-11-20)27(37)28(38)35(25)29-33-34-30(41-29)40-17-19-6-8-22(31)9-7-19/h3-11,13-14,16,18,25,36H,12,15,17H2,1-2H3/b26-24+. The molecular weight excluding hydrogens is 580 g/mol. The number of pyridine rings is 1. The Balaban J connectivity index is 1.51. The molecule has 2 aromatic carbocycles. The number of benzene rings is 2. The molecule has 1 atom stereocenters. The first-order valence-corrected chi connectivity index (χ1v) is 15.1. The molecule has 8 nitrogen and oxygen atoms in total. The van der Waals surface area contributed by atoms with Crippen molar-refractivity contribution in [2.24, 2.45) is 5.92 Å². The molecule has 11 heteroatoms. The minimum Gasteiger partial charge on any atom is -0.507 e. The van der Waals surface area contributed by atoms with E-state index in [2.05, 4.69) is 29.0 Å². The number of ether oxygens (including phenoxy) is 1. The second-order valence-corrected chi connectivity index (χ2v) is 12.4. The van der Waals surface area contributed by atoms with Crippen molar-refractivity contribution in [2.45, 2.75) is 36.4 Å². The van der Waals surface area contributed by atoms with Gasteiger partial charge in [-0.2, -0.15) is 0 Å². The zero-order chi connectivity index (χ0) is 28.9. The second-order valence-electron chi connectivity index (χ2n) is 9.77. The average molecular weight is 607 g/mol. The van der Waals surface area contributed by atoms with E-state index in [0.29, 0.717) is 44.5 Å². The SMILES string of the molecule is CC(C)CCOc1cccc(C2/C(=C(\O)c3ccncc3)C(=O)C(=O)N2c2nnc(SCc3ccc(Cl)cc3)s2)c1. The van der Waals surface area contributed by atoms with Crippen LogP contribution in [-0.4, -0.2) is 38.6 Å². The van der Waals surface area contributed by atoms with E-state index in [4.69, 9.17) is 16.3 Å². The van der Waals surface area contributed by atoms with E-state index in [1.165, 1.54) is 40.4 Å². The Hall–Kier alpha value is -3.73. The highest BCUT2D eigenvalue weighted by molar-refractivity contribution is 8.00. The first kappa shape index (κ1) is 28.8. The Morgan fingerprint density at radius 2 is 1.85 bits per heavy atom. The van der Waals surface area contributed by atoms with Crippen LogP contribution in [0.25, 0.3) is 5.76 Å². The molecule has 3 heterocycles. The third-order valence-corrected chi connectivity index (χ3v) is 8.79. The van der Waals surface area contributed by atoms with E-state index in [0.717, 1.165) is 12.0 Å². The van der Waals surface area contributed by atoms with Gasteiger partial charge in [0.05, 0.1) is 18.2 Å². The Morgan fingerprint density at radius 1 is 1.10 bits per heavy atom. The largest absolute Gasteiger partial charge is 0.507 e. The molecule has 1 N–H and O–H groups in total. The maximum absolute atomic E-state index is 13.5. The number of ketones is 1. The number of amides is 1. The fraction of sp³-hybridized carbons (Fsp3) is 0.233. The normalized spacial score (nSPS) is 16.5. The van der Waals surface area contributed by atoms with Gasteiger partial charge in [-0.1, -0.05) is 72.8 Å². The monoisotopic (exact) mass is 606 g/mol. The molecule has 210 valence electrons. The van der Waals surface area contributed by atoms with Crippen LogP contribution in [0, 0.1) is 5.92 Å². The minimum absolute atomic E-state index is 0.0360. The molecule has 1 saturated heterocycles. The number of hydrogen-bond acceptors (Lipinski definition) is 9. The molecule has 1 aliphatic heterocycles. The summed E-state index contributed by atoms with van der Waals surface area (Å²) in [4.78, 5) is 32.2. The number of thioether (sulfide) groups is 1. The summed E-state index contributed by atoms with van der Waals surface area (Å²) in [6.07, 6.45) is 3.91. The number of Topliss-reactive ketones (excluding diaryl/α,β-unsaturated/α-hetero) is 1. The number of carbonyl (C=O) groups excluding carboxylic acids is 2. The molecule has 2 aromatic heterocycles. The van der Waals surface area contributed by atoms with Crippen LogP contribution in [0.3, 0.4) is 0 Å². The molecule has 0 aliphatic carbocycles. The van der Waals surface area contributed by atoms with Gasteiger partial charge < -0.3 is 9.84 Å². The quantitative estimate of drug-likeness (QED) is 0.0681. The first-order chi connectivity index (χ1) is 19.8. The van der Waals surface area contributed by atoms with Crippen molar-refractivity contribution in [2.75, 3.05) is 11.5 Å². The van der Waals surface area contributed by atoms with Gasteiger partial charge in [-0.15, -0.1) is 10.2 Å². The summed E-state index contributed by atoms with van der Waals surface area (Å²) in [7, 11) is 0. The Labute approximate surface area is 251 Å². The summed E-state index contributed by atoms with van der Waals surface area (Å²) in [6, 6.07) is 17.0. The van der Waals surface area contributed by atoms with Gasteiger partial charge in [-0.25, -0.2) is 0 Å². The number of anilines is 1. The number of aliphatic hydroxyl groups is 1. The minimum atomic E-state index is -0.932. The van der Waals surface area contributed by atoms with Gasteiger partial charge in [-0.3, -0.25) is 19.5 Å². The maximum Gasteiger partial charge on any atom is 0.301 e. The van der Waals surface area contributed by atoms with E-state index in [9.17, 15) is 14.7 Å². The topological polar surface area (TPSA) is 106 Å². The Morgan fingerprint density at radius 3 is 2.59 bits per heavy atom. The number of rotatable bonds is 10. The number of nitrogens with zero attached hydrogens (tertiary/aromatic N) is 4. The third kappa shape index (κ3) is 6.61. The van der Waals surface area contributed by atoms with E-state index < -0.39 is 17.7 Å². The molecule has 0 saturated carbocycles. The highest BCUT2D eigenvalue weighted by Crippen LogP contribution is 2.44. The Kier molecular flexibility index (Phi) is 9.02. The van der Waals surface area contributed by atoms with E-state index in [1.54, 1.807) is 30.3 Å². The van der Waals surface area contributed by atoms with Gasteiger partial charge in [-0.05, 0) is 59.9 Å². The first-order valence-electron chi connectivity index (χ1n) is 13.0. The van der Waals surface area contributed by atoms with Gasteiger partial charge in [0, 0.05) is 28.7 Å². The maximum atomic E-state index is 13.5. The number of halogens is 1. The summed E-state index contributed by atoms with van der Waals surface area (Å²) >= 11 is 8.67. The lowest BCUT2D eigenvalue weighted by Gasteiger charge is -2.23. The summed E-state index contributed by atoms with van der Waals surface area (Å²) < 4.78 is 6.60. The fourth-order valence-corrected chi connectivity index (χ4v) is 6.23. The van der Waals surface area contributed by atoms with Crippen molar-refractivity contribution < 1.29 is 19.4 Å². The molecule has 1 amide bonds. The molecule has 0 spiro atoms. The number of aromatic nitrogens is 3. The smallest absolute Gasteiger partial charge is 0.301 e. The number of carbonyl (C=O) groups is 2. The van der Waals surface area contributed by atoms with Crippen molar-refractivity contribution in [3.63, 3.8) is 0 Å². The van der Waals surface area contributed by atoms with Crippen LogP contribution in [0.5, 0.6) is 5.75 Å². The van der Waals surface area contributed by atoms with Gasteiger partial charge >= 0.3 is 5.91 Å². The zero-order valence-corrected chi connectivity index (χ0v) is 24.7. The van der Waals surface area contributed by atoms with E-state index in [-0.39, 0.29) is 16.5 Å². The zero-order valence-electron chi connectivity index (χ0n) is 22.4. The predicted molar refractivity (Wildman–Crippen MR) is 161 cm³/mol. The average Bonchev–Trinajstić information content (AvgIpc) is 3.54. The fourth-order valence-electron chi connectivity index (χ4n) is 4.28. The molecule has 41 heavy (non-hydrogen) atoms. The Bertz CT molecular complexity index is 1570. The van der Waals surface area contributed by atoms with Crippen LogP contribution in [0.4, 0.5) is 5.13 Å². The van der Waals surface area contributed by atoms with Crippen molar-refractivity contribution in [3.05, 3.63) is 100 Å². The lowest BCUT2D eigenvalue weighted by molar-refractivity contribution is -0.132. The van der Waals surface area contributed by atoms with Gasteiger partial charge in [0.25, 0.3) is 5.78 Å². The van der Waals surface area contributed by atoms with Crippen molar-refractivity contribution >= 4 is 57.3 Å². The van der Waals surface area contributed by atoms with Crippen LogP contribution in [0.1, 0.15) is 43.0 Å².